The highest BCUT2D eigenvalue weighted by Gasteiger charge is 2.46. The van der Waals surface area contributed by atoms with E-state index in [4.69, 9.17) is 5.11 Å². The summed E-state index contributed by atoms with van der Waals surface area (Å²) in [7, 11) is -2.10. The lowest BCUT2D eigenvalue weighted by atomic mass is 10.2. The number of carboxylic acid groups (broad SMARTS) is 1. The van der Waals surface area contributed by atoms with Crippen LogP contribution in [0.4, 0.5) is 0 Å². The van der Waals surface area contributed by atoms with Crippen LogP contribution in [0.25, 0.3) is 0 Å². The largest absolute Gasteiger partial charge is 0.801 e. The highest BCUT2D eigenvalue weighted by molar-refractivity contribution is 8.28. The molecule has 0 bridgehead atoms. The Balaban J connectivity index is 2.17. The van der Waals surface area contributed by atoms with Crippen LogP contribution in [0.1, 0.15) is 49.8 Å². The predicted octanol–water partition coefficient (Wildman–Crippen LogP) is 2.80. The van der Waals surface area contributed by atoms with Gasteiger partial charge >= 0.3 is 5.97 Å². The summed E-state index contributed by atoms with van der Waals surface area (Å²) in [6.45, 7) is 8.66. The minimum Gasteiger partial charge on any atom is -0.801 e. The predicted molar refractivity (Wildman–Crippen MR) is 79.3 cm³/mol. The highest BCUT2D eigenvalue weighted by atomic mass is 32.3. The molecule has 6 heteroatoms. The quantitative estimate of drug-likeness (QED) is 0.865. The third kappa shape index (κ3) is 2.55. The van der Waals surface area contributed by atoms with Crippen LogP contribution in [-0.4, -0.2) is 42.0 Å². The third-order valence-corrected chi connectivity index (χ3v) is 7.53. The average Bonchev–Trinajstić information content (AvgIpc) is 3.17. The van der Waals surface area contributed by atoms with Gasteiger partial charge < -0.3 is 9.66 Å². The second kappa shape index (κ2) is 5.02. The van der Waals surface area contributed by atoms with E-state index in [0.29, 0.717) is 5.75 Å². The summed E-state index contributed by atoms with van der Waals surface area (Å²) in [6, 6.07) is 3.31. The molecule has 1 aliphatic rings. The van der Waals surface area contributed by atoms with Crippen LogP contribution < -0.4 is 0 Å². The molecule has 0 aromatic carbocycles. The molecule has 3 atom stereocenters. The van der Waals surface area contributed by atoms with E-state index in [1.165, 1.54) is 6.20 Å². The summed E-state index contributed by atoms with van der Waals surface area (Å²) in [6.07, 6.45) is 1.36. The molecule has 1 fully saturated rings. The number of aromatic nitrogens is 1. The Labute approximate surface area is 121 Å². The first-order valence-corrected chi connectivity index (χ1v) is 8.36. The monoisotopic (exact) mass is 297 g/mol. The number of hydrogen-bond acceptors (Lipinski definition) is 4. The van der Waals surface area contributed by atoms with Crippen LogP contribution in [0.15, 0.2) is 18.3 Å². The molecular formula is C14H21N2O3S-. The fourth-order valence-corrected chi connectivity index (χ4v) is 5.17. The standard InChI is InChI=1S/C14H22N2O3S/c1-5-20(19,14(2,3)4)16-9-12(16)11-7-6-10(8-15-11)13(17)18/h6-8,12,19H,5,9H2,1-4H3,(H,17,18)/p-1/t12-,16?/m0/s1. The van der Waals surface area contributed by atoms with E-state index in [1.807, 2.05) is 32.0 Å². The molecule has 2 heterocycles. The number of aromatic carboxylic acids is 1. The minimum atomic E-state index is -2.10. The van der Waals surface area contributed by atoms with Crippen molar-refractivity contribution < 1.29 is 14.5 Å². The average molecular weight is 297 g/mol. The lowest BCUT2D eigenvalue weighted by Crippen LogP contribution is -2.32. The Kier molecular flexibility index (Phi) is 3.83. The van der Waals surface area contributed by atoms with E-state index in [9.17, 15) is 9.35 Å². The molecule has 0 spiro atoms. The molecular weight excluding hydrogens is 276 g/mol. The molecule has 1 aliphatic heterocycles. The van der Waals surface area contributed by atoms with Gasteiger partial charge in [-0.3, -0.25) is 19.8 Å². The molecule has 1 aromatic rings. The molecule has 0 radical (unpaired) electrons. The summed E-state index contributed by atoms with van der Waals surface area (Å²) < 4.78 is 14.8. The van der Waals surface area contributed by atoms with E-state index in [2.05, 4.69) is 4.98 Å². The first-order valence-electron chi connectivity index (χ1n) is 6.68. The molecule has 1 saturated heterocycles. The van der Waals surface area contributed by atoms with Gasteiger partial charge in [0.1, 0.15) is 0 Å². The Morgan fingerprint density at radius 3 is 2.60 bits per heavy atom. The molecule has 2 unspecified atom stereocenters. The Hall–Kier alpha value is -1.11. The topological polar surface area (TPSA) is 76.3 Å². The molecule has 0 saturated carbocycles. The molecule has 112 valence electrons. The second-order valence-electron chi connectivity index (χ2n) is 5.93. The van der Waals surface area contributed by atoms with Crippen molar-refractivity contribution in [3.05, 3.63) is 29.6 Å². The number of nitrogens with zero attached hydrogens (tertiary/aromatic N) is 2. The van der Waals surface area contributed by atoms with Crippen molar-refractivity contribution in [3.8, 4) is 0 Å². The zero-order chi connectivity index (χ0) is 15.1. The maximum absolute atomic E-state index is 13.1. The Morgan fingerprint density at radius 2 is 2.20 bits per heavy atom. The number of hydrogen-bond donors (Lipinski definition) is 1. The van der Waals surface area contributed by atoms with Crippen molar-refractivity contribution in [2.45, 2.75) is 38.5 Å². The summed E-state index contributed by atoms with van der Waals surface area (Å²) in [4.78, 5) is 15.0. The van der Waals surface area contributed by atoms with Gasteiger partial charge in [0.25, 0.3) is 0 Å². The van der Waals surface area contributed by atoms with Crippen molar-refractivity contribution >= 4 is 16.5 Å². The first kappa shape index (κ1) is 15.3. The molecule has 1 N–H and O–H groups in total. The first-order chi connectivity index (χ1) is 9.20. The second-order valence-corrected chi connectivity index (χ2v) is 9.49. The lowest BCUT2D eigenvalue weighted by Gasteiger charge is -2.58. The summed E-state index contributed by atoms with van der Waals surface area (Å²) >= 11 is 0. The van der Waals surface area contributed by atoms with Gasteiger partial charge in [0, 0.05) is 12.7 Å². The van der Waals surface area contributed by atoms with Gasteiger partial charge in [0.15, 0.2) is 0 Å². The zero-order valence-electron chi connectivity index (χ0n) is 12.3. The number of rotatable bonds is 4. The Bertz CT molecular complexity index is 512. The molecule has 2 rings (SSSR count). The van der Waals surface area contributed by atoms with E-state index in [0.717, 1.165) is 12.2 Å². The van der Waals surface area contributed by atoms with Crippen LogP contribution in [0.3, 0.4) is 0 Å². The zero-order valence-corrected chi connectivity index (χ0v) is 13.1. The molecule has 0 amide bonds. The fourth-order valence-electron chi connectivity index (χ4n) is 2.37. The minimum absolute atomic E-state index is 0.0459. The van der Waals surface area contributed by atoms with Gasteiger partial charge in [-0.1, -0.05) is 27.7 Å². The van der Waals surface area contributed by atoms with Gasteiger partial charge in [-0.25, -0.2) is 4.79 Å². The van der Waals surface area contributed by atoms with Crippen molar-refractivity contribution in [1.82, 2.24) is 9.29 Å². The van der Waals surface area contributed by atoms with Crippen LogP contribution >= 0.6 is 10.5 Å². The third-order valence-electron chi connectivity index (χ3n) is 3.67. The van der Waals surface area contributed by atoms with E-state index < -0.39 is 16.5 Å². The smallest absolute Gasteiger partial charge is 0.337 e. The van der Waals surface area contributed by atoms with Crippen molar-refractivity contribution in [1.29, 1.82) is 0 Å². The van der Waals surface area contributed by atoms with E-state index >= 15 is 0 Å². The fraction of sp³-hybridized carbons (Fsp3) is 0.571. The van der Waals surface area contributed by atoms with Crippen molar-refractivity contribution in [2.24, 2.45) is 0 Å². The normalized spacial score (nSPS) is 26.6. The molecule has 20 heavy (non-hydrogen) atoms. The van der Waals surface area contributed by atoms with Crippen LogP contribution in [-0.2, 0) is 0 Å². The van der Waals surface area contributed by atoms with Crippen LogP contribution in [0.5, 0.6) is 0 Å². The number of carboxylic acids is 1. The molecule has 5 nitrogen and oxygen atoms in total. The van der Waals surface area contributed by atoms with Gasteiger partial charge in [0.2, 0.25) is 0 Å². The summed E-state index contributed by atoms with van der Waals surface area (Å²) in [5.74, 6) is -0.371. The van der Waals surface area contributed by atoms with Crippen molar-refractivity contribution in [3.63, 3.8) is 0 Å². The molecule has 0 aliphatic carbocycles. The molecule has 1 aromatic heterocycles. The highest BCUT2D eigenvalue weighted by Crippen LogP contribution is 2.66. The van der Waals surface area contributed by atoms with E-state index in [1.54, 1.807) is 12.1 Å². The van der Waals surface area contributed by atoms with E-state index in [-0.39, 0.29) is 16.4 Å². The van der Waals surface area contributed by atoms with Crippen LogP contribution in [0.2, 0.25) is 0 Å². The Morgan fingerprint density at radius 1 is 1.55 bits per heavy atom. The maximum Gasteiger partial charge on any atom is 0.337 e. The SMILES string of the molecule is CCS([O-])(N1C[C@H]1c1ccc(C(=O)O)cn1)C(C)(C)C. The van der Waals surface area contributed by atoms with Gasteiger partial charge in [-0.05, 0) is 22.6 Å². The van der Waals surface area contributed by atoms with Gasteiger partial charge in [-0.2, -0.15) is 0 Å². The number of carbonyl (C=O) groups is 1. The van der Waals surface area contributed by atoms with Crippen LogP contribution in [0, 0.1) is 0 Å². The summed E-state index contributed by atoms with van der Waals surface area (Å²) in [5, 5.41) is 8.86. The number of pyridine rings is 1. The summed E-state index contributed by atoms with van der Waals surface area (Å²) in [5.41, 5.74) is 0.966. The maximum atomic E-state index is 13.1. The lowest BCUT2D eigenvalue weighted by molar-refractivity contribution is 0.0696. The van der Waals surface area contributed by atoms with Gasteiger partial charge in [-0.15, -0.1) is 0 Å². The van der Waals surface area contributed by atoms with Gasteiger partial charge in [0.05, 0.1) is 17.3 Å². The van der Waals surface area contributed by atoms with Crippen molar-refractivity contribution in [2.75, 3.05) is 12.3 Å².